The van der Waals surface area contributed by atoms with Crippen molar-refractivity contribution in [3.8, 4) is 5.75 Å². The van der Waals surface area contributed by atoms with E-state index < -0.39 is 12.3 Å². The summed E-state index contributed by atoms with van der Waals surface area (Å²) in [6, 6.07) is 13.1. The largest absolute Gasteiger partial charge is 0.573 e. The lowest BCUT2D eigenvalue weighted by atomic mass is 10.1. The van der Waals surface area contributed by atoms with Gasteiger partial charge in [0.25, 0.3) is 0 Å². The zero-order valence-corrected chi connectivity index (χ0v) is 15.9. The first kappa shape index (κ1) is 20.1. The van der Waals surface area contributed by atoms with E-state index in [1.807, 2.05) is 12.1 Å². The van der Waals surface area contributed by atoms with Crippen LogP contribution in [0.3, 0.4) is 0 Å². The van der Waals surface area contributed by atoms with Crippen molar-refractivity contribution in [2.24, 2.45) is 0 Å². The fourth-order valence-corrected chi connectivity index (χ4v) is 3.60. The summed E-state index contributed by atoms with van der Waals surface area (Å²) >= 11 is 0. The molecule has 1 aliphatic rings. The summed E-state index contributed by atoms with van der Waals surface area (Å²) in [5, 5.41) is 9.78. The monoisotopic (exact) mass is 420 g/mol. The lowest BCUT2D eigenvalue weighted by molar-refractivity contribution is -0.274. The fraction of sp³-hybridized carbons (Fsp3) is 0.286. The fourth-order valence-electron chi connectivity index (χ4n) is 3.60. The Kier molecular flexibility index (Phi) is 5.29. The third-order valence-electron chi connectivity index (χ3n) is 4.99. The standard InChI is InChI=1S/C21H19F3N2O4/c22-21(23,24)30-17-3-1-2-14(10-17)13-25-6-8-26(9-7-25)16-4-5-18-15(11-16)12-19(29-18)20(27)28/h1-5,10-12H,6-9,13H2,(H,27,28). The van der Waals surface area contributed by atoms with Gasteiger partial charge in [0.15, 0.2) is 0 Å². The Bertz CT molecular complexity index is 1060. The van der Waals surface area contributed by atoms with Crippen molar-refractivity contribution >= 4 is 22.6 Å². The highest BCUT2D eigenvalue weighted by Gasteiger charge is 2.31. The quantitative estimate of drug-likeness (QED) is 0.662. The molecular weight excluding hydrogens is 401 g/mol. The number of fused-ring (bicyclic) bond motifs is 1. The molecule has 6 nitrogen and oxygen atoms in total. The molecule has 0 radical (unpaired) electrons. The maximum atomic E-state index is 12.4. The molecule has 1 aromatic heterocycles. The molecule has 0 saturated carbocycles. The highest BCUT2D eigenvalue weighted by Crippen LogP contribution is 2.27. The van der Waals surface area contributed by atoms with Gasteiger partial charge in [-0.2, -0.15) is 0 Å². The van der Waals surface area contributed by atoms with Crippen molar-refractivity contribution in [2.45, 2.75) is 12.9 Å². The Balaban J connectivity index is 1.38. The van der Waals surface area contributed by atoms with E-state index in [1.54, 1.807) is 18.2 Å². The summed E-state index contributed by atoms with van der Waals surface area (Å²) in [6.45, 7) is 3.51. The Morgan fingerprint density at radius 1 is 1.07 bits per heavy atom. The van der Waals surface area contributed by atoms with Gasteiger partial charge in [-0.25, -0.2) is 4.79 Å². The molecular formula is C21H19F3N2O4. The SMILES string of the molecule is O=C(O)c1cc2cc(N3CCN(Cc4cccc(OC(F)(F)F)c4)CC3)ccc2o1. The number of carboxylic acids is 1. The van der Waals surface area contributed by atoms with E-state index in [1.165, 1.54) is 18.2 Å². The molecule has 158 valence electrons. The van der Waals surface area contributed by atoms with Gasteiger partial charge in [0.1, 0.15) is 11.3 Å². The van der Waals surface area contributed by atoms with Crippen LogP contribution in [-0.4, -0.2) is 48.5 Å². The number of aromatic carboxylic acids is 1. The Morgan fingerprint density at radius 3 is 2.53 bits per heavy atom. The highest BCUT2D eigenvalue weighted by molar-refractivity contribution is 5.92. The topological polar surface area (TPSA) is 66.2 Å². The number of anilines is 1. The van der Waals surface area contributed by atoms with Crippen LogP contribution in [-0.2, 0) is 6.54 Å². The average Bonchev–Trinajstić information content (AvgIpc) is 3.11. The Labute approximate surface area is 170 Å². The Hall–Kier alpha value is -3.20. The number of piperazine rings is 1. The van der Waals surface area contributed by atoms with Crippen LogP contribution in [0.5, 0.6) is 5.75 Å². The number of furan rings is 1. The van der Waals surface area contributed by atoms with Crippen LogP contribution in [0, 0.1) is 0 Å². The molecule has 0 bridgehead atoms. The average molecular weight is 420 g/mol. The van der Waals surface area contributed by atoms with Gasteiger partial charge in [-0.05, 0) is 42.0 Å². The van der Waals surface area contributed by atoms with Crippen molar-refractivity contribution in [3.63, 3.8) is 0 Å². The molecule has 1 N–H and O–H groups in total. The van der Waals surface area contributed by atoms with Crippen LogP contribution in [0.2, 0.25) is 0 Å². The second-order valence-corrected chi connectivity index (χ2v) is 7.10. The van der Waals surface area contributed by atoms with Gasteiger partial charge in [-0.15, -0.1) is 13.2 Å². The number of carbonyl (C=O) groups is 1. The van der Waals surface area contributed by atoms with Crippen LogP contribution in [0.15, 0.2) is 52.9 Å². The maximum absolute atomic E-state index is 12.4. The van der Waals surface area contributed by atoms with Crippen molar-refractivity contribution < 1.29 is 32.2 Å². The molecule has 0 amide bonds. The second kappa shape index (κ2) is 7.91. The molecule has 3 aromatic rings. The van der Waals surface area contributed by atoms with E-state index >= 15 is 0 Å². The van der Waals surface area contributed by atoms with Gasteiger partial charge in [0.2, 0.25) is 5.76 Å². The first-order chi connectivity index (χ1) is 14.3. The van der Waals surface area contributed by atoms with Crippen LogP contribution in [0.1, 0.15) is 16.1 Å². The summed E-state index contributed by atoms with van der Waals surface area (Å²) < 4.78 is 46.5. The van der Waals surface area contributed by atoms with Crippen LogP contribution in [0.4, 0.5) is 18.9 Å². The van der Waals surface area contributed by atoms with Crippen LogP contribution in [0.25, 0.3) is 11.0 Å². The van der Waals surface area contributed by atoms with E-state index in [0.29, 0.717) is 12.1 Å². The summed E-state index contributed by atoms with van der Waals surface area (Å²) in [4.78, 5) is 15.4. The van der Waals surface area contributed by atoms with E-state index in [2.05, 4.69) is 14.5 Å². The minimum Gasteiger partial charge on any atom is -0.475 e. The van der Waals surface area contributed by atoms with E-state index in [-0.39, 0.29) is 11.5 Å². The van der Waals surface area contributed by atoms with Gasteiger partial charge in [-0.1, -0.05) is 12.1 Å². The molecule has 2 heterocycles. The van der Waals surface area contributed by atoms with Crippen molar-refractivity contribution in [3.05, 3.63) is 59.9 Å². The zero-order valence-electron chi connectivity index (χ0n) is 15.9. The van der Waals surface area contributed by atoms with Gasteiger partial charge in [0.05, 0.1) is 0 Å². The third-order valence-corrected chi connectivity index (χ3v) is 4.99. The summed E-state index contributed by atoms with van der Waals surface area (Å²) in [6.07, 6.45) is -4.70. The van der Waals surface area contributed by atoms with Gasteiger partial charge < -0.3 is 19.2 Å². The molecule has 0 atom stereocenters. The minimum atomic E-state index is -4.70. The maximum Gasteiger partial charge on any atom is 0.573 e. The summed E-state index contributed by atoms with van der Waals surface area (Å²) in [5.74, 6) is -1.41. The van der Waals surface area contributed by atoms with Crippen molar-refractivity contribution in [1.82, 2.24) is 4.90 Å². The predicted molar refractivity (Wildman–Crippen MR) is 104 cm³/mol. The molecule has 0 spiro atoms. The minimum absolute atomic E-state index is 0.0938. The number of halogens is 3. The van der Waals surface area contributed by atoms with Crippen molar-refractivity contribution in [2.75, 3.05) is 31.1 Å². The van der Waals surface area contributed by atoms with Crippen LogP contribution < -0.4 is 9.64 Å². The number of rotatable bonds is 5. The molecule has 4 rings (SSSR count). The number of hydrogen-bond acceptors (Lipinski definition) is 5. The smallest absolute Gasteiger partial charge is 0.475 e. The number of nitrogens with zero attached hydrogens (tertiary/aromatic N) is 2. The molecule has 30 heavy (non-hydrogen) atoms. The third kappa shape index (κ3) is 4.68. The van der Waals surface area contributed by atoms with E-state index in [9.17, 15) is 18.0 Å². The number of alkyl halides is 3. The molecule has 9 heteroatoms. The molecule has 0 unspecified atom stereocenters. The molecule has 1 saturated heterocycles. The Morgan fingerprint density at radius 2 is 1.83 bits per heavy atom. The zero-order chi connectivity index (χ0) is 21.3. The lowest BCUT2D eigenvalue weighted by Crippen LogP contribution is -2.45. The van der Waals surface area contributed by atoms with Gasteiger partial charge in [-0.3, -0.25) is 4.90 Å². The number of ether oxygens (including phenoxy) is 1. The second-order valence-electron chi connectivity index (χ2n) is 7.10. The highest BCUT2D eigenvalue weighted by atomic mass is 19.4. The lowest BCUT2D eigenvalue weighted by Gasteiger charge is -2.36. The van der Waals surface area contributed by atoms with Gasteiger partial charge >= 0.3 is 12.3 Å². The van der Waals surface area contributed by atoms with Crippen molar-refractivity contribution in [1.29, 1.82) is 0 Å². The van der Waals surface area contributed by atoms with E-state index in [4.69, 9.17) is 9.52 Å². The van der Waals surface area contributed by atoms with Gasteiger partial charge in [0, 0.05) is 43.8 Å². The number of carboxylic acid groups (broad SMARTS) is 1. The number of hydrogen-bond donors (Lipinski definition) is 1. The van der Waals surface area contributed by atoms with Crippen LogP contribution >= 0.6 is 0 Å². The molecule has 0 aliphatic carbocycles. The molecule has 1 aliphatic heterocycles. The predicted octanol–water partition coefficient (Wildman–Crippen LogP) is 4.35. The number of benzene rings is 2. The molecule has 1 fully saturated rings. The first-order valence-electron chi connectivity index (χ1n) is 9.36. The first-order valence-corrected chi connectivity index (χ1v) is 9.36. The summed E-state index contributed by atoms with van der Waals surface area (Å²) in [7, 11) is 0. The summed E-state index contributed by atoms with van der Waals surface area (Å²) in [5.41, 5.74) is 2.25. The van der Waals surface area contributed by atoms with E-state index in [0.717, 1.165) is 42.8 Å². The molecule has 2 aromatic carbocycles. The normalized spacial score (nSPS) is 15.5.